The number of rotatable bonds is 5. The monoisotopic (exact) mass is 318 g/mol. The molecule has 21 heavy (non-hydrogen) atoms. The van der Waals surface area contributed by atoms with Crippen LogP contribution in [0.25, 0.3) is 0 Å². The predicted molar refractivity (Wildman–Crippen MR) is 66.9 cm³/mol. The number of hydrogen-bond donors (Lipinski definition) is 1. The van der Waals surface area contributed by atoms with Crippen molar-refractivity contribution in [3.8, 4) is 0 Å². The van der Waals surface area contributed by atoms with E-state index in [9.17, 15) is 18.0 Å². The van der Waals surface area contributed by atoms with Gasteiger partial charge in [0.1, 0.15) is 0 Å². The topological polar surface area (TPSA) is 80.9 Å². The minimum atomic E-state index is -4.40. The van der Waals surface area contributed by atoms with Gasteiger partial charge < -0.3 is 5.11 Å². The van der Waals surface area contributed by atoms with Gasteiger partial charge in [0, 0.05) is 11.9 Å². The van der Waals surface area contributed by atoms with Gasteiger partial charge in [-0.2, -0.15) is 13.2 Å². The molecule has 112 valence electrons. The Morgan fingerprint density at radius 3 is 2.67 bits per heavy atom. The van der Waals surface area contributed by atoms with Gasteiger partial charge in [-0.25, -0.2) is 9.78 Å². The van der Waals surface area contributed by atoms with Gasteiger partial charge in [-0.05, 0) is 12.1 Å². The molecule has 2 rings (SSSR count). The van der Waals surface area contributed by atoms with E-state index in [0.29, 0.717) is 17.3 Å². The van der Waals surface area contributed by atoms with Crippen LogP contribution in [-0.2, 0) is 12.7 Å². The van der Waals surface area contributed by atoms with Gasteiger partial charge in [0.05, 0.1) is 23.3 Å². The second-order valence-electron chi connectivity index (χ2n) is 3.90. The van der Waals surface area contributed by atoms with Crippen molar-refractivity contribution in [1.29, 1.82) is 0 Å². The number of alkyl halides is 3. The van der Waals surface area contributed by atoms with Crippen molar-refractivity contribution >= 4 is 17.7 Å². The second kappa shape index (κ2) is 6.12. The molecule has 2 aromatic heterocycles. The summed E-state index contributed by atoms with van der Waals surface area (Å²) < 4.78 is 38.4. The fraction of sp³-hybridized carbons (Fsp3) is 0.273. The van der Waals surface area contributed by atoms with Gasteiger partial charge in [0.25, 0.3) is 0 Å². The smallest absolute Gasteiger partial charge is 0.417 e. The first-order valence-electron chi connectivity index (χ1n) is 5.66. The Bertz CT molecular complexity index is 627. The fourth-order valence-electron chi connectivity index (χ4n) is 1.38. The van der Waals surface area contributed by atoms with Crippen molar-refractivity contribution in [2.45, 2.75) is 17.7 Å². The van der Waals surface area contributed by atoms with Crippen LogP contribution in [-0.4, -0.2) is 36.8 Å². The van der Waals surface area contributed by atoms with Gasteiger partial charge in [-0.15, -0.1) is 16.9 Å². The highest BCUT2D eigenvalue weighted by molar-refractivity contribution is 7.99. The lowest BCUT2D eigenvalue weighted by atomic mass is 10.3. The van der Waals surface area contributed by atoms with Crippen molar-refractivity contribution in [2.75, 3.05) is 5.75 Å². The number of hydrogen-bond acceptors (Lipinski definition) is 5. The Morgan fingerprint density at radius 2 is 2.14 bits per heavy atom. The van der Waals surface area contributed by atoms with Crippen molar-refractivity contribution in [3.05, 3.63) is 35.8 Å². The average molecular weight is 318 g/mol. The molecule has 0 saturated heterocycles. The first-order valence-corrected chi connectivity index (χ1v) is 6.64. The van der Waals surface area contributed by atoms with Crippen molar-refractivity contribution in [1.82, 2.24) is 20.0 Å². The minimum absolute atomic E-state index is 0.160. The third-order valence-electron chi connectivity index (χ3n) is 2.39. The molecule has 0 radical (unpaired) electrons. The molecule has 0 aromatic carbocycles. The summed E-state index contributed by atoms with van der Waals surface area (Å²) in [5, 5.41) is 16.2. The maximum absolute atomic E-state index is 12.3. The minimum Gasteiger partial charge on any atom is -0.476 e. The van der Waals surface area contributed by atoms with E-state index in [4.69, 9.17) is 5.11 Å². The van der Waals surface area contributed by atoms with Crippen LogP contribution in [0.15, 0.2) is 29.6 Å². The standard InChI is InChI=1S/C11H9F3N4O2S/c12-11(13,14)7-1-2-9(15-5-7)21-4-3-18-6-8(10(19)20)16-17-18/h1-2,5-6H,3-4H2,(H,19,20). The van der Waals surface area contributed by atoms with Crippen LogP contribution < -0.4 is 0 Å². The van der Waals surface area contributed by atoms with Crippen LogP contribution >= 0.6 is 11.8 Å². The number of aromatic carboxylic acids is 1. The molecule has 0 aliphatic heterocycles. The zero-order valence-electron chi connectivity index (χ0n) is 10.4. The van der Waals surface area contributed by atoms with E-state index in [-0.39, 0.29) is 5.69 Å². The van der Waals surface area contributed by atoms with Crippen LogP contribution in [0.3, 0.4) is 0 Å². The van der Waals surface area contributed by atoms with Crippen LogP contribution in [0.2, 0.25) is 0 Å². The van der Waals surface area contributed by atoms with Crippen molar-refractivity contribution < 1.29 is 23.1 Å². The van der Waals surface area contributed by atoms with E-state index in [2.05, 4.69) is 15.3 Å². The lowest BCUT2D eigenvalue weighted by molar-refractivity contribution is -0.137. The summed E-state index contributed by atoms with van der Waals surface area (Å²) in [6, 6.07) is 2.25. The van der Waals surface area contributed by atoms with E-state index < -0.39 is 17.7 Å². The molecule has 2 heterocycles. The highest BCUT2D eigenvalue weighted by atomic mass is 32.2. The third-order valence-corrected chi connectivity index (χ3v) is 3.32. The SMILES string of the molecule is O=C(O)c1cn(CCSc2ccc(C(F)(F)F)cn2)nn1. The second-order valence-corrected chi connectivity index (χ2v) is 5.02. The van der Waals surface area contributed by atoms with Crippen LogP contribution in [0.4, 0.5) is 13.2 Å². The zero-order chi connectivity index (χ0) is 15.5. The number of carbonyl (C=O) groups is 1. The Balaban J connectivity index is 1.87. The summed E-state index contributed by atoms with van der Waals surface area (Å²) in [6.45, 7) is 0.369. The lowest BCUT2D eigenvalue weighted by Gasteiger charge is -2.06. The molecule has 0 fully saturated rings. The van der Waals surface area contributed by atoms with Gasteiger partial charge in [0.2, 0.25) is 0 Å². The summed E-state index contributed by atoms with van der Waals surface area (Å²) in [5.74, 6) is -0.695. The molecule has 0 atom stereocenters. The van der Waals surface area contributed by atoms with Gasteiger partial charge in [-0.1, -0.05) is 5.21 Å². The molecular weight excluding hydrogens is 309 g/mol. The molecule has 1 N–H and O–H groups in total. The number of pyridine rings is 1. The van der Waals surface area contributed by atoms with Crippen LogP contribution in [0.5, 0.6) is 0 Å². The van der Waals surface area contributed by atoms with E-state index >= 15 is 0 Å². The van der Waals surface area contributed by atoms with E-state index in [1.807, 2.05) is 0 Å². The van der Waals surface area contributed by atoms with Crippen LogP contribution in [0, 0.1) is 0 Å². The summed E-state index contributed by atoms with van der Waals surface area (Å²) in [4.78, 5) is 14.3. The number of aryl methyl sites for hydroxylation is 1. The molecule has 0 amide bonds. The number of halogens is 3. The largest absolute Gasteiger partial charge is 0.476 e. The first kappa shape index (κ1) is 15.3. The Morgan fingerprint density at radius 1 is 1.38 bits per heavy atom. The molecule has 0 aliphatic rings. The van der Waals surface area contributed by atoms with Crippen molar-refractivity contribution in [3.63, 3.8) is 0 Å². The third kappa shape index (κ3) is 4.18. The van der Waals surface area contributed by atoms with E-state index in [0.717, 1.165) is 12.3 Å². The number of carboxylic acids is 1. The fourth-order valence-corrected chi connectivity index (χ4v) is 2.16. The molecule has 0 aliphatic carbocycles. The molecule has 0 saturated carbocycles. The molecule has 0 unspecified atom stereocenters. The summed E-state index contributed by atoms with van der Waals surface area (Å²) in [7, 11) is 0. The number of thioether (sulfide) groups is 1. The molecule has 0 spiro atoms. The molecule has 10 heteroatoms. The molecule has 2 aromatic rings. The quantitative estimate of drug-likeness (QED) is 0.851. The highest BCUT2D eigenvalue weighted by Gasteiger charge is 2.30. The van der Waals surface area contributed by atoms with Gasteiger partial charge in [-0.3, -0.25) is 4.68 Å². The number of carboxylic acid groups (broad SMARTS) is 1. The summed E-state index contributed by atoms with van der Waals surface area (Å²) in [5.41, 5.74) is -0.957. The Kier molecular flexibility index (Phi) is 4.46. The molecule has 6 nitrogen and oxygen atoms in total. The van der Waals surface area contributed by atoms with Gasteiger partial charge in [0.15, 0.2) is 5.69 Å². The normalized spacial score (nSPS) is 11.6. The predicted octanol–water partition coefficient (Wildman–Crippen LogP) is 2.18. The first-order chi connectivity index (χ1) is 9.86. The number of aromatic nitrogens is 4. The molecule has 0 bridgehead atoms. The Hall–Kier alpha value is -2.10. The zero-order valence-corrected chi connectivity index (χ0v) is 11.2. The van der Waals surface area contributed by atoms with E-state index in [1.165, 1.54) is 28.7 Å². The Labute approximate surface area is 121 Å². The molecular formula is C11H9F3N4O2S. The van der Waals surface area contributed by atoms with Crippen LogP contribution in [0.1, 0.15) is 16.1 Å². The van der Waals surface area contributed by atoms with Crippen molar-refractivity contribution in [2.24, 2.45) is 0 Å². The number of nitrogens with zero attached hydrogens (tertiary/aromatic N) is 4. The average Bonchev–Trinajstić information content (AvgIpc) is 2.87. The highest BCUT2D eigenvalue weighted by Crippen LogP contribution is 2.29. The maximum Gasteiger partial charge on any atom is 0.417 e. The summed E-state index contributed by atoms with van der Waals surface area (Å²) >= 11 is 1.24. The summed E-state index contributed by atoms with van der Waals surface area (Å²) in [6.07, 6.45) is -2.34. The maximum atomic E-state index is 12.3. The van der Waals surface area contributed by atoms with E-state index in [1.54, 1.807) is 0 Å². The van der Waals surface area contributed by atoms with Gasteiger partial charge >= 0.3 is 12.1 Å². The lowest BCUT2D eigenvalue weighted by Crippen LogP contribution is -2.05.